The zero-order chi connectivity index (χ0) is 13.8. The Kier molecular flexibility index (Phi) is 4.66. The second kappa shape index (κ2) is 6.26. The summed E-state index contributed by atoms with van der Waals surface area (Å²) in [7, 11) is 3.41. The molecule has 1 N–H and O–H groups in total. The van der Waals surface area contributed by atoms with Gasteiger partial charge in [0.25, 0.3) is 0 Å². The van der Waals surface area contributed by atoms with Gasteiger partial charge in [-0.05, 0) is 37.1 Å². The first-order valence-corrected chi connectivity index (χ1v) is 6.75. The predicted octanol–water partition coefficient (Wildman–Crippen LogP) is 2.26. The van der Waals surface area contributed by atoms with Crippen molar-refractivity contribution in [1.29, 1.82) is 0 Å². The van der Waals surface area contributed by atoms with E-state index >= 15 is 0 Å². The standard InChI is InChI=1S/C15H23NO3/c1-11-6-7-16(10-15(11)19-3)9-12-8-13(18-2)4-5-14(12)17/h4-5,8,11,15,17H,6-7,9-10H2,1-3H3. The molecule has 1 aromatic rings. The molecule has 0 amide bonds. The van der Waals surface area contributed by atoms with Crippen molar-refractivity contribution in [1.82, 2.24) is 4.90 Å². The van der Waals surface area contributed by atoms with Crippen molar-refractivity contribution in [3.05, 3.63) is 23.8 Å². The number of benzene rings is 1. The molecule has 0 bridgehead atoms. The van der Waals surface area contributed by atoms with Gasteiger partial charge in [0, 0.05) is 25.8 Å². The van der Waals surface area contributed by atoms with Crippen LogP contribution in [0.3, 0.4) is 0 Å². The van der Waals surface area contributed by atoms with Gasteiger partial charge in [0.2, 0.25) is 0 Å². The summed E-state index contributed by atoms with van der Waals surface area (Å²) in [6, 6.07) is 5.36. The zero-order valence-corrected chi connectivity index (χ0v) is 11.9. The van der Waals surface area contributed by atoms with Crippen LogP contribution >= 0.6 is 0 Å². The fourth-order valence-corrected chi connectivity index (χ4v) is 2.60. The minimum absolute atomic E-state index is 0.279. The van der Waals surface area contributed by atoms with E-state index in [0.29, 0.717) is 11.7 Å². The predicted molar refractivity (Wildman–Crippen MR) is 74.5 cm³/mol. The lowest BCUT2D eigenvalue weighted by molar-refractivity contribution is -0.00763. The molecule has 0 radical (unpaired) electrons. The third-order valence-corrected chi connectivity index (χ3v) is 3.96. The van der Waals surface area contributed by atoms with Gasteiger partial charge in [0.05, 0.1) is 13.2 Å². The average molecular weight is 265 g/mol. The molecule has 106 valence electrons. The molecule has 4 nitrogen and oxygen atoms in total. The molecule has 4 heteroatoms. The summed E-state index contributed by atoms with van der Waals surface area (Å²) in [6.45, 7) is 4.91. The van der Waals surface area contributed by atoms with Gasteiger partial charge in [-0.25, -0.2) is 0 Å². The smallest absolute Gasteiger partial charge is 0.120 e. The summed E-state index contributed by atoms with van der Waals surface area (Å²) in [5.41, 5.74) is 0.906. The summed E-state index contributed by atoms with van der Waals surface area (Å²) < 4.78 is 10.7. The Labute approximate surface area is 114 Å². The summed E-state index contributed by atoms with van der Waals surface area (Å²) >= 11 is 0. The van der Waals surface area contributed by atoms with Crippen LogP contribution in [-0.4, -0.2) is 43.4 Å². The van der Waals surface area contributed by atoms with E-state index in [9.17, 15) is 5.11 Å². The summed E-state index contributed by atoms with van der Waals surface area (Å²) in [5, 5.41) is 9.92. The van der Waals surface area contributed by atoms with Crippen molar-refractivity contribution < 1.29 is 14.6 Å². The highest BCUT2D eigenvalue weighted by Gasteiger charge is 2.26. The Balaban J connectivity index is 2.04. The molecule has 2 unspecified atom stereocenters. The van der Waals surface area contributed by atoms with Crippen LogP contribution in [0.4, 0.5) is 0 Å². The molecular formula is C15H23NO3. The van der Waals surface area contributed by atoms with Gasteiger partial charge >= 0.3 is 0 Å². The highest BCUT2D eigenvalue weighted by Crippen LogP contribution is 2.27. The first-order valence-electron chi connectivity index (χ1n) is 6.75. The second-order valence-electron chi connectivity index (χ2n) is 5.27. The number of rotatable bonds is 4. The number of hydrogen-bond acceptors (Lipinski definition) is 4. The van der Waals surface area contributed by atoms with E-state index in [1.807, 2.05) is 6.07 Å². The lowest BCUT2D eigenvalue weighted by Gasteiger charge is -2.36. The van der Waals surface area contributed by atoms with Crippen LogP contribution in [0.25, 0.3) is 0 Å². The van der Waals surface area contributed by atoms with Crippen LogP contribution in [0.1, 0.15) is 18.9 Å². The van der Waals surface area contributed by atoms with E-state index in [4.69, 9.17) is 9.47 Å². The molecule has 1 aromatic carbocycles. The second-order valence-corrected chi connectivity index (χ2v) is 5.27. The molecule has 1 saturated heterocycles. The first-order chi connectivity index (χ1) is 9.13. The summed E-state index contributed by atoms with van der Waals surface area (Å²) in [5.74, 6) is 1.70. The highest BCUT2D eigenvalue weighted by atomic mass is 16.5. The molecule has 0 saturated carbocycles. The average Bonchev–Trinajstić information content (AvgIpc) is 2.43. The fraction of sp³-hybridized carbons (Fsp3) is 0.600. The Hall–Kier alpha value is -1.26. The van der Waals surface area contributed by atoms with E-state index in [2.05, 4.69) is 11.8 Å². The van der Waals surface area contributed by atoms with Crippen molar-refractivity contribution in [2.45, 2.75) is 26.0 Å². The largest absolute Gasteiger partial charge is 0.508 e. The van der Waals surface area contributed by atoms with Crippen LogP contribution in [-0.2, 0) is 11.3 Å². The quantitative estimate of drug-likeness (QED) is 0.906. The van der Waals surface area contributed by atoms with Crippen molar-refractivity contribution >= 4 is 0 Å². The Bertz CT molecular complexity index is 422. The first kappa shape index (κ1) is 14.2. The van der Waals surface area contributed by atoms with Gasteiger partial charge in [-0.2, -0.15) is 0 Å². The van der Waals surface area contributed by atoms with Gasteiger partial charge in [-0.1, -0.05) is 6.92 Å². The molecule has 2 rings (SSSR count). The van der Waals surface area contributed by atoms with Gasteiger partial charge < -0.3 is 14.6 Å². The van der Waals surface area contributed by atoms with E-state index in [1.165, 1.54) is 0 Å². The van der Waals surface area contributed by atoms with Crippen molar-refractivity contribution in [3.63, 3.8) is 0 Å². The number of hydrogen-bond donors (Lipinski definition) is 1. The Morgan fingerprint density at radius 3 is 2.84 bits per heavy atom. The SMILES string of the molecule is COc1ccc(O)c(CN2CCC(C)C(OC)C2)c1. The van der Waals surface area contributed by atoms with Gasteiger partial charge in [0.15, 0.2) is 0 Å². The van der Waals surface area contributed by atoms with Gasteiger partial charge in [0.1, 0.15) is 11.5 Å². The number of aromatic hydroxyl groups is 1. The third-order valence-electron chi connectivity index (χ3n) is 3.96. The topological polar surface area (TPSA) is 41.9 Å². The van der Waals surface area contributed by atoms with E-state index in [0.717, 1.165) is 37.4 Å². The summed E-state index contributed by atoms with van der Waals surface area (Å²) in [4.78, 5) is 2.32. The zero-order valence-electron chi connectivity index (χ0n) is 11.9. The number of nitrogens with zero attached hydrogens (tertiary/aromatic N) is 1. The maximum absolute atomic E-state index is 9.92. The Morgan fingerprint density at radius 1 is 1.37 bits per heavy atom. The maximum Gasteiger partial charge on any atom is 0.120 e. The number of ether oxygens (including phenoxy) is 2. The van der Waals surface area contributed by atoms with Crippen molar-refractivity contribution in [3.8, 4) is 11.5 Å². The fourth-order valence-electron chi connectivity index (χ4n) is 2.60. The molecule has 0 aromatic heterocycles. The van der Waals surface area contributed by atoms with Crippen LogP contribution in [0, 0.1) is 5.92 Å². The molecule has 0 spiro atoms. The molecule has 1 aliphatic rings. The minimum Gasteiger partial charge on any atom is -0.508 e. The molecule has 19 heavy (non-hydrogen) atoms. The number of methoxy groups -OCH3 is 2. The van der Waals surface area contributed by atoms with Crippen molar-refractivity contribution in [2.24, 2.45) is 5.92 Å². The number of likely N-dealkylation sites (tertiary alicyclic amines) is 1. The van der Waals surface area contributed by atoms with Crippen molar-refractivity contribution in [2.75, 3.05) is 27.3 Å². The molecule has 2 atom stereocenters. The molecule has 1 fully saturated rings. The lowest BCUT2D eigenvalue weighted by atomic mass is 9.95. The number of piperidine rings is 1. The molecule has 0 aliphatic carbocycles. The van der Waals surface area contributed by atoms with Gasteiger partial charge in [-0.15, -0.1) is 0 Å². The van der Waals surface area contributed by atoms with E-state index in [1.54, 1.807) is 26.4 Å². The van der Waals surface area contributed by atoms with Crippen LogP contribution in [0.15, 0.2) is 18.2 Å². The maximum atomic E-state index is 9.92. The molecule has 1 aliphatic heterocycles. The number of phenolic OH excluding ortho intramolecular Hbond substituents is 1. The minimum atomic E-state index is 0.279. The third kappa shape index (κ3) is 3.39. The monoisotopic (exact) mass is 265 g/mol. The van der Waals surface area contributed by atoms with Crippen LogP contribution in [0.2, 0.25) is 0 Å². The highest BCUT2D eigenvalue weighted by molar-refractivity contribution is 5.39. The molecule has 1 heterocycles. The van der Waals surface area contributed by atoms with E-state index < -0.39 is 0 Å². The van der Waals surface area contributed by atoms with Gasteiger partial charge in [-0.3, -0.25) is 4.90 Å². The number of phenols is 1. The van der Waals surface area contributed by atoms with Crippen LogP contribution in [0.5, 0.6) is 11.5 Å². The van der Waals surface area contributed by atoms with Crippen LogP contribution < -0.4 is 4.74 Å². The summed E-state index contributed by atoms with van der Waals surface area (Å²) in [6.07, 6.45) is 1.41. The lowest BCUT2D eigenvalue weighted by Crippen LogP contribution is -2.43. The Morgan fingerprint density at radius 2 is 2.16 bits per heavy atom. The molecular weight excluding hydrogens is 242 g/mol. The normalized spacial score (nSPS) is 24.4. The van der Waals surface area contributed by atoms with E-state index in [-0.39, 0.29) is 6.10 Å².